The average Bonchev–Trinajstić information content (AvgIpc) is 2.56. The van der Waals surface area contributed by atoms with Crippen molar-refractivity contribution in [2.45, 2.75) is 4.90 Å². The van der Waals surface area contributed by atoms with E-state index in [-0.39, 0.29) is 10.6 Å². The number of benzene rings is 2. The molecular formula is C17H15N3O4S. The fourth-order valence-corrected chi connectivity index (χ4v) is 2.67. The molecule has 8 heteroatoms. The molecule has 0 saturated heterocycles. The summed E-state index contributed by atoms with van der Waals surface area (Å²) < 4.78 is 28.4. The van der Waals surface area contributed by atoms with Crippen molar-refractivity contribution >= 4 is 21.5 Å². The Morgan fingerprint density at radius 3 is 2.28 bits per heavy atom. The number of sulfone groups is 1. The number of ether oxygens (including phenoxy) is 1. The van der Waals surface area contributed by atoms with Crippen molar-refractivity contribution in [1.82, 2.24) is 9.97 Å². The zero-order chi connectivity index (χ0) is 17.9. The number of nitrogens with zero attached hydrogens (tertiary/aromatic N) is 2. The Labute approximate surface area is 144 Å². The van der Waals surface area contributed by atoms with Crippen molar-refractivity contribution < 1.29 is 18.3 Å². The van der Waals surface area contributed by atoms with Gasteiger partial charge in [-0.05, 0) is 36.4 Å². The lowest BCUT2D eigenvalue weighted by Gasteiger charge is -2.08. The normalized spacial score (nSPS) is 11.1. The van der Waals surface area contributed by atoms with E-state index in [1.165, 1.54) is 24.5 Å². The predicted octanol–water partition coefficient (Wildman–Crippen LogP) is 3.12. The molecule has 128 valence electrons. The minimum Gasteiger partial charge on any atom is -0.508 e. The topological polar surface area (TPSA) is 101 Å². The summed E-state index contributed by atoms with van der Waals surface area (Å²) in [4.78, 5) is 8.49. The summed E-state index contributed by atoms with van der Waals surface area (Å²) in [5.74, 6) is 1.38. The van der Waals surface area contributed by atoms with Crippen LogP contribution in [0.5, 0.6) is 17.2 Å². The maximum absolute atomic E-state index is 11.4. The first-order chi connectivity index (χ1) is 11.9. The van der Waals surface area contributed by atoms with Crippen LogP contribution in [0, 0.1) is 0 Å². The second-order valence-electron chi connectivity index (χ2n) is 5.26. The molecule has 1 aromatic heterocycles. The van der Waals surface area contributed by atoms with Crippen LogP contribution in [0.2, 0.25) is 0 Å². The highest BCUT2D eigenvalue weighted by Crippen LogP contribution is 2.23. The first-order valence-electron chi connectivity index (χ1n) is 7.26. The summed E-state index contributed by atoms with van der Waals surface area (Å²) in [6.07, 6.45) is 4.13. The van der Waals surface area contributed by atoms with E-state index in [9.17, 15) is 13.5 Å². The quantitative estimate of drug-likeness (QED) is 0.723. The first kappa shape index (κ1) is 16.7. The number of aromatic hydroxyl groups is 1. The third kappa shape index (κ3) is 4.45. The summed E-state index contributed by atoms with van der Waals surface area (Å²) in [6.45, 7) is 0. The Balaban J connectivity index is 1.68. The molecule has 2 N–H and O–H groups in total. The zero-order valence-corrected chi connectivity index (χ0v) is 14.1. The van der Waals surface area contributed by atoms with E-state index in [4.69, 9.17) is 4.74 Å². The van der Waals surface area contributed by atoms with Crippen molar-refractivity contribution in [3.63, 3.8) is 0 Å². The number of nitrogens with one attached hydrogen (secondary N) is 1. The highest BCUT2D eigenvalue weighted by Gasteiger charge is 2.07. The van der Waals surface area contributed by atoms with Gasteiger partial charge in [0.05, 0.1) is 17.3 Å². The minimum atomic E-state index is -3.24. The van der Waals surface area contributed by atoms with Gasteiger partial charge in [-0.2, -0.15) is 0 Å². The maximum Gasteiger partial charge on any atom is 0.227 e. The van der Waals surface area contributed by atoms with Crippen LogP contribution in [-0.2, 0) is 9.84 Å². The Bertz CT molecular complexity index is 972. The van der Waals surface area contributed by atoms with Gasteiger partial charge in [0.15, 0.2) is 15.6 Å². The van der Waals surface area contributed by atoms with Gasteiger partial charge in [-0.15, -0.1) is 0 Å². The highest BCUT2D eigenvalue weighted by molar-refractivity contribution is 7.90. The number of rotatable bonds is 5. The number of phenolic OH excluding ortho intramolecular Hbond substituents is 1. The van der Waals surface area contributed by atoms with Gasteiger partial charge in [0.1, 0.15) is 11.5 Å². The molecule has 7 nitrogen and oxygen atoms in total. The van der Waals surface area contributed by atoms with Crippen LogP contribution in [0.4, 0.5) is 11.6 Å². The van der Waals surface area contributed by atoms with Gasteiger partial charge in [-0.3, -0.25) is 0 Å². The summed E-state index contributed by atoms with van der Waals surface area (Å²) in [5, 5.41) is 12.4. The second kappa shape index (κ2) is 6.78. The van der Waals surface area contributed by atoms with Crippen molar-refractivity contribution in [3.8, 4) is 17.2 Å². The van der Waals surface area contributed by atoms with E-state index >= 15 is 0 Å². The van der Waals surface area contributed by atoms with Crippen molar-refractivity contribution in [1.29, 1.82) is 0 Å². The largest absolute Gasteiger partial charge is 0.508 e. The van der Waals surface area contributed by atoms with E-state index < -0.39 is 9.84 Å². The molecule has 3 rings (SSSR count). The van der Waals surface area contributed by atoms with Gasteiger partial charge in [0.2, 0.25) is 5.95 Å². The molecule has 0 aliphatic carbocycles. The molecule has 0 bridgehead atoms. The number of anilines is 2. The third-order valence-corrected chi connectivity index (χ3v) is 4.35. The fourth-order valence-electron chi connectivity index (χ4n) is 2.04. The van der Waals surface area contributed by atoms with Crippen LogP contribution >= 0.6 is 0 Å². The van der Waals surface area contributed by atoms with Gasteiger partial charge in [0.25, 0.3) is 0 Å². The molecule has 0 radical (unpaired) electrons. The van der Waals surface area contributed by atoms with Crippen LogP contribution in [0.15, 0.2) is 65.8 Å². The molecule has 0 spiro atoms. The zero-order valence-electron chi connectivity index (χ0n) is 13.2. The fraction of sp³-hybridized carbons (Fsp3) is 0.0588. The van der Waals surface area contributed by atoms with E-state index in [0.29, 0.717) is 23.1 Å². The lowest BCUT2D eigenvalue weighted by molar-refractivity contribution is 0.475. The summed E-state index contributed by atoms with van der Waals surface area (Å²) in [6, 6.07) is 12.7. The van der Waals surface area contributed by atoms with Crippen molar-refractivity contribution in [3.05, 3.63) is 60.9 Å². The molecular weight excluding hydrogens is 342 g/mol. The molecule has 1 heterocycles. The minimum absolute atomic E-state index is 0.141. The lowest BCUT2D eigenvalue weighted by Crippen LogP contribution is -1.98. The van der Waals surface area contributed by atoms with Crippen LogP contribution in [0.3, 0.4) is 0 Å². The molecule has 2 aromatic carbocycles. The van der Waals surface area contributed by atoms with Crippen LogP contribution in [-0.4, -0.2) is 29.7 Å². The predicted molar refractivity (Wildman–Crippen MR) is 93.0 cm³/mol. The Kier molecular flexibility index (Phi) is 4.53. The molecule has 3 aromatic rings. The summed E-state index contributed by atoms with van der Waals surface area (Å²) >= 11 is 0. The van der Waals surface area contributed by atoms with E-state index in [2.05, 4.69) is 15.3 Å². The summed E-state index contributed by atoms with van der Waals surface area (Å²) in [5.41, 5.74) is 0.657. The number of hydrogen-bond donors (Lipinski definition) is 2. The van der Waals surface area contributed by atoms with Gasteiger partial charge in [-0.25, -0.2) is 18.4 Å². The molecule has 0 saturated carbocycles. The number of phenols is 1. The monoisotopic (exact) mass is 357 g/mol. The maximum atomic E-state index is 11.4. The number of hydrogen-bond acceptors (Lipinski definition) is 7. The third-order valence-electron chi connectivity index (χ3n) is 3.22. The van der Waals surface area contributed by atoms with Crippen molar-refractivity contribution in [2.24, 2.45) is 0 Å². The van der Waals surface area contributed by atoms with Gasteiger partial charge < -0.3 is 15.2 Å². The SMILES string of the molecule is CS(=O)(=O)c1ccc(Oc2cnc(Nc3cccc(O)c3)nc2)cc1. The standard InChI is InChI=1S/C17H15N3O4S/c1-25(22,23)16-7-5-14(6-8-16)24-15-10-18-17(19-11-15)20-12-3-2-4-13(21)9-12/h2-11,21H,1H3,(H,18,19,20). The smallest absolute Gasteiger partial charge is 0.227 e. The molecule has 0 amide bonds. The molecule has 0 unspecified atom stereocenters. The second-order valence-corrected chi connectivity index (χ2v) is 7.28. The Morgan fingerprint density at radius 1 is 1.00 bits per heavy atom. The lowest BCUT2D eigenvalue weighted by atomic mass is 10.3. The average molecular weight is 357 g/mol. The molecule has 0 aliphatic heterocycles. The van der Waals surface area contributed by atoms with Gasteiger partial charge in [0, 0.05) is 18.0 Å². The molecule has 0 atom stereocenters. The number of aromatic nitrogens is 2. The van der Waals surface area contributed by atoms with Gasteiger partial charge in [-0.1, -0.05) is 6.07 Å². The molecule has 25 heavy (non-hydrogen) atoms. The first-order valence-corrected chi connectivity index (χ1v) is 9.15. The van der Waals surface area contributed by atoms with E-state index in [1.54, 1.807) is 36.4 Å². The van der Waals surface area contributed by atoms with E-state index in [1.807, 2.05) is 0 Å². The van der Waals surface area contributed by atoms with Gasteiger partial charge >= 0.3 is 0 Å². The Morgan fingerprint density at radius 2 is 1.68 bits per heavy atom. The van der Waals surface area contributed by atoms with Crippen LogP contribution < -0.4 is 10.1 Å². The van der Waals surface area contributed by atoms with Crippen LogP contribution in [0.1, 0.15) is 0 Å². The molecule has 0 fully saturated rings. The van der Waals surface area contributed by atoms with E-state index in [0.717, 1.165) is 6.26 Å². The summed E-state index contributed by atoms with van der Waals surface area (Å²) in [7, 11) is -3.24. The molecule has 0 aliphatic rings. The van der Waals surface area contributed by atoms with Crippen LogP contribution in [0.25, 0.3) is 0 Å². The Hall–Kier alpha value is -3.13. The highest BCUT2D eigenvalue weighted by atomic mass is 32.2. The van der Waals surface area contributed by atoms with Crippen molar-refractivity contribution in [2.75, 3.05) is 11.6 Å².